The first-order chi connectivity index (χ1) is 13.7. The Morgan fingerprint density at radius 2 is 1.93 bits per heavy atom. The predicted octanol–water partition coefficient (Wildman–Crippen LogP) is 4.79. The lowest BCUT2D eigenvalue weighted by Gasteiger charge is -2.12. The molecule has 5 nitrogen and oxygen atoms in total. The van der Waals surface area contributed by atoms with E-state index in [2.05, 4.69) is 15.1 Å². The van der Waals surface area contributed by atoms with Crippen LogP contribution in [0, 0.1) is 17.1 Å². The van der Waals surface area contributed by atoms with Crippen molar-refractivity contribution < 1.29 is 4.39 Å². The minimum Gasteiger partial charge on any atom is -0.360 e. The highest BCUT2D eigenvalue weighted by Crippen LogP contribution is 2.37. The van der Waals surface area contributed by atoms with E-state index in [1.807, 2.05) is 54.5 Å². The van der Waals surface area contributed by atoms with E-state index in [0.717, 1.165) is 38.6 Å². The average Bonchev–Trinajstić information content (AvgIpc) is 3.33. The molecule has 2 aromatic carbocycles. The molecule has 3 heterocycles. The predicted molar refractivity (Wildman–Crippen MR) is 106 cm³/mol. The summed E-state index contributed by atoms with van der Waals surface area (Å²) in [5.41, 5.74) is 5.09. The largest absolute Gasteiger partial charge is 0.360 e. The molecular weight excluding hydrogens is 353 g/mol. The highest BCUT2D eigenvalue weighted by atomic mass is 19.1. The van der Waals surface area contributed by atoms with Crippen LogP contribution < -0.4 is 0 Å². The van der Waals surface area contributed by atoms with E-state index < -0.39 is 5.82 Å². The van der Waals surface area contributed by atoms with Crippen molar-refractivity contribution in [3.05, 3.63) is 72.4 Å². The number of nitrogens with one attached hydrogen (secondary N) is 1. The van der Waals surface area contributed by atoms with Crippen LogP contribution in [0.4, 0.5) is 4.39 Å². The topological polar surface area (TPSA) is 70.3 Å². The maximum atomic E-state index is 14.3. The number of halogens is 1. The summed E-state index contributed by atoms with van der Waals surface area (Å²) in [5, 5.41) is 15.3. The van der Waals surface area contributed by atoms with Gasteiger partial charge in [-0.25, -0.2) is 4.39 Å². The summed E-state index contributed by atoms with van der Waals surface area (Å²) in [7, 11) is 1.90. The first-order valence-corrected chi connectivity index (χ1v) is 8.74. The summed E-state index contributed by atoms with van der Waals surface area (Å²) in [5.74, 6) is -0.541. The van der Waals surface area contributed by atoms with Gasteiger partial charge in [-0.05, 0) is 35.9 Å². The second-order valence-electron chi connectivity index (χ2n) is 6.64. The van der Waals surface area contributed by atoms with Gasteiger partial charge in [0.05, 0.1) is 34.7 Å². The number of rotatable bonds is 2. The van der Waals surface area contributed by atoms with E-state index in [9.17, 15) is 4.39 Å². The van der Waals surface area contributed by atoms with Crippen molar-refractivity contribution in [1.82, 2.24) is 19.7 Å². The maximum Gasteiger partial charge on any atom is 0.141 e. The van der Waals surface area contributed by atoms with Crippen LogP contribution in [-0.4, -0.2) is 19.7 Å². The van der Waals surface area contributed by atoms with Gasteiger partial charge in [0.15, 0.2) is 0 Å². The van der Waals surface area contributed by atoms with Crippen molar-refractivity contribution in [3.8, 4) is 28.5 Å². The van der Waals surface area contributed by atoms with Crippen molar-refractivity contribution in [2.45, 2.75) is 0 Å². The van der Waals surface area contributed by atoms with Crippen molar-refractivity contribution >= 4 is 21.8 Å². The minimum atomic E-state index is -0.541. The van der Waals surface area contributed by atoms with Gasteiger partial charge >= 0.3 is 0 Å². The second-order valence-corrected chi connectivity index (χ2v) is 6.64. The summed E-state index contributed by atoms with van der Waals surface area (Å²) >= 11 is 0. The molecule has 0 aliphatic carbocycles. The lowest BCUT2D eigenvalue weighted by Crippen LogP contribution is -1.93. The Labute approximate surface area is 159 Å². The van der Waals surface area contributed by atoms with E-state index >= 15 is 0 Å². The van der Waals surface area contributed by atoms with Gasteiger partial charge in [-0.15, -0.1) is 0 Å². The molecule has 0 radical (unpaired) electrons. The molecule has 0 aliphatic heterocycles. The van der Waals surface area contributed by atoms with E-state index in [-0.39, 0.29) is 5.56 Å². The lowest BCUT2D eigenvalue weighted by atomic mass is 9.95. The average molecular weight is 367 g/mol. The Kier molecular flexibility index (Phi) is 3.49. The fourth-order valence-corrected chi connectivity index (χ4v) is 3.61. The van der Waals surface area contributed by atoms with Gasteiger partial charge in [-0.1, -0.05) is 12.1 Å². The van der Waals surface area contributed by atoms with E-state index in [4.69, 9.17) is 5.26 Å². The van der Waals surface area contributed by atoms with Crippen LogP contribution in [-0.2, 0) is 7.05 Å². The van der Waals surface area contributed by atoms with Crippen LogP contribution >= 0.6 is 0 Å². The van der Waals surface area contributed by atoms with Gasteiger partial charge in [0, 0.05) is 35.1 Å². The van der Waals surface area contributed by atoms with Crippen LogP contribution in [0.5, 0.6) is 0 Å². The summed E-state index contributed by atoms with van der Waals surface area (Å²) in [4.78, 5) is 7.82. The zero-order valence-electron chi connectivity index (χ0n) is 14.9. The summed E-state index contributed by atoms with van der Waals surface area (Å²) in [6.07, 6.45) is 5.43. The molecule has 0 fully saturated rings. The van der Waals surface area contributed by atoms with Crippen molar-refractivity contribution in [2.24, 2.45) is 7.05 Å². The molecule has 0 bridgehead atoms. The molecule has 1 N–H and O–H groups in total. The number of pyridine rings is 1. The van der Waals surface area contributed by atoms with E-state index in [1.54, 1.807) is 12.3 Å². The summed E-state index contributed by atoms with van der Waals surface area (Å²) < 4.78 is 16.2. The zero-order valence-corrected chi connectivity index (χ0v) is 14.9. The van der Waals surface area contributed by atoms with Gasteiger partial charge < -0.3 is 4.98 Å². The van der Waals surface area contributed by atoms with E-state index in [1.165, 1.54) is 12.1 Å². The normalized spacial score (nSPS) is 11.2. The Hall–Kier alpha value is -3.98. The van der Waals surface area contributed by atoms with Gasteiger partial charge in [0.25, 0.3) is 0 Å². The highest BCUT2D eigenvalue weighted by Gasteiger charge is 2.16. The van der Waals surface area contributed by atoms with Crippen molar-refractivity contribution in [1.29, 1.82) is 5.26 Å². The number of aromatic amines is 1. The fourth-order valence-electron chi connectivity index (χ4n) is 3.61. The molecule has 28 heavy (non-hydrogen) atoms. The number of hydrogen-bond donors (Lipinski definition) is 1. The molecule has 5 aromatic rings. The van der Waals surface area contributed by atoms with Crippen LogP contribution in [0.3, 0.4) is 0 Å². The SMILES string of the molecule is Cn1ncc2cc(-c3ncc4[nH]ccc4c3-c3ccc(C#N)c(F)c3)ccc21. The van der Waals surface area contributed by atoms with Gasteiger partial charge in [-0.2, -0.15) is 10.4 Å². The number of nitriles is 1. The van der Waals surface area contributed by atoms with E-state index in [0.29, 0.717) is 5.56 Å². The number of nitrogens with zero attached hydrogens (tertiary/aromatic N) is 4. The number of benzene rings is 2. The number of H-pyrrole nitrogens is 1. The molecule has 3 aromatic heterocycles. The van der Waals surface area contributed by atoms with Crippen LogP contribution in [0.1, 0.15) is 5.56 Å². The molecule has 0 aliphatic rings. The molecule has 6 heteroatoms. The van der Waals surface area contributed by atoms with Crippen LogP contribution in [0.2, 0.25) is 0 Å². The monoisotopic (exact) mass is 367 g/mol. The molecule has 5 rings (SSSR count). The number of aromatic nitrogens is 4. The van der Waals surface area contributed by atoms with Gasteiger partial charge in [-0.3, -0.25) is 9.67 Å². The first kappa shape index (κ1) is 16.2. The van der Waals surface area contributed by atoms with Crippen molar-refractivity contribution in [3.63, 3.8) is 0 Å². The van der Waals surface area contributed by atoms with Gasteiger partial charge in [0.2, 0.25) is 0 Å². The molecule has 0 saturated heterocycles. The fraction of sp³-hybridized carbons (Fsp3) is 0.0455. The molecule has 0 saturated carbocycles. The molecule has 134 valence electrons. The number of hydrogen-bond acceptors (Lipinski definition) is 3. The summed E-state index contributed by atoms with van der Waals surface area (Å²) in [6, 6.07) is 14.5. The van der Waals surface area contributed by atoms with Crippen molar-refractivity contribution in [2.75, 3.05) is 0 Å². The Morgan fingerprint density at radius 1 is 1.07 bits per heavy atom. The Balaban J connectivity index is 1.80. The maximum absolute atomic E-state index is 14.3. The lowest BCUT2D eigenvalue weighted by molar-refractivity contribution is 0.624. The quantitative estimate of drug-likeness (QED) is 0.487. The Bertz CT molecular complexity index is 1400. The third kappa shape index (κ3) is 2.37. The molecule has 0 amide bonds. The standard InChI is InChI=1S/C22H14FN5/c1-28-20-5-4-14(8-16(20)11-27-28)22-21(17-6-7-25-19(17)12-26-22)13-2-3-15(10-24)18(23)9-13/h2-9,11-12,25H,1H3. The number of fused-ring (bicyclic) bond motifs is 2. The van der Waals surface area contributed by atoms with Crippen LogP contribution in [0.15, 0.2) is 61.1 Å². The Morgan fingerprint density at radius 3 is 2.75 bits per heavy atom. The highest BCUT2D eigenvalue weighted by molar-refractivity contribution is 6.02. The third-order valence-electron chi connectivity index (χ3n) is 5.01. The number of aryl methyl sites for hydroxylation is 1. The summed E-state index contributed by atoms with van der Waals surface area (Å²) in [6.45, 7) is 0. The van der Waals surface area contributed by atoms with Gasteiger partial charge in [0.1, 0.15) is 11.9 Å². The smallest absolute Gasteiger partial charge is 0.141 e. The second kappa shape index (κ2) is 6.03. The van der Waals surface area contributed by atoms with Crippen LogP contribution in [0.25, 0.3) is 44.2 Å². The molecular formula is C22H14FN5. The molecule has 0 spiro atoms. The molecule has 0 atom stereocenters. The minimum absolute atomic E-state index is 0.0243. The zero-order chi connectivity index (χ0) is 19.3. The first-order valence-electron chi connectivity index (χ1n) is 8.74. The molecule has 0 unspecified atom stereocenters. The third-order valence-corrected chi connectivity index (χ3v) is 5.01.